The van der Waals surface area contributed by atoms with Gasteiger partial charge in [0.1, 0.15) is 0 Å². The van der Waals surface area contributed by atoms with Crippen molar-refractivity contribution in [1.82, 2.24) is 14.8 Å². The highest BCUT2D eigenvalue weighted by atomic mass is 127. The highest BCUT2D eigenvalue weighted by Gasteiger charge is 2.23. The second-order valence-electron chi connectivity index (χ2n) is 5.13. The minimum atomic E-state index is 0.531. The van der Waals surface area contributed by atoms with Gasteiger partial charge in [0.05, 0.1) is 0 Å². The standard InChI is InChI=1S/C14H17IN4/c1-19-14(11-8-10(15)6-7-12(11)16)17-13(18-19)9-4-2-3-5-9/h6-9H,2-5,16H2,1H3. The topological polar surface area (TPSA) is 56.7 Å². The van der Waals surface area contributed by atoms with Gasteiger partial charge in [0, 0.05) is 27.8 Å². The normalized spacial score (nSPS) is 16.1. The summed E-state index contributed by atoms with van der Waals surface area (Å²) in [5.74, 6) is 2.38. The van der Waals surface area contributed by atoms with Crippen LogP contribution in [-0.4, -0.2) is 14.8 Å². The SMILES string of the molecule is Cn1nc(C2CCCC2)nc1-c1cc(I)ccc1N. The van der Waals surface area contributed by atoms with E-state index in [4.69, 9.17) is 10.7 Å². The molecule has 0 saturated heterocycles. The van der Waals surface area contributed by atoms with E-state index in [2.05, 4.69) is 33.8 Å². The molecule has 1 fully saturated rings. The van der Waals surface area contributed by atoms with Gasteiger partial charge >= 0.3 is 0 Å². The van der Waals surface area contributed by atoms with Crippen molar-refractivity contribution in [3.05, 3.63) is 27.6 Å². The molecule has 0 bridgehead atoms. The molecule has 3 rings (SSSR count). The molecule has 4 nitrogen and oxygen atoms in total. The van der Waals surface area contributed by atoms with Crippen molar-refractivity contribution in [2.75, 3.05) is 5.73 Å². The zero-order valence-corrected chi connectivity index (χ0v) is 13.1. The number of hydrogen-bond acceptors (Lipinski definition) is 3. The van der Waals surface area contributed by atoms with Crippen LogP contribution in [0.2, 0.25) is 0 Å². The lowest BCUT2D eigenvalue weighted by atomic mass is 10.1. The number of nitrogens with zero attached hydrogens (tertiary/aromatic N) is 3. The van der Waals surface area contributed by atoms with Gasteiger partial charge < -0.3 is 5.73 Å². The number of anilines is 1. The lowest BCUT2D eigenvalue weighted by Crippen LogP contribution is -1.98. The molecule has 1 aromatic carbocycles. The highest BCUT2D eigenvalue weighted by Crippen LogP contribution is 2.34. The van der Waals surface area contributed by atoms with Crippen molar-refractivity contribution in [2.24, 2.45) is 7.05 Å². The fourth-order valence-corrected chi connectivity index (χ4v) is 3.21. The second-order valence-corrected chi connectivity index (χ2v) is 6.38. The largest absolute Gasteiger partial charge is 0.398 e. The summed E-state index contributed by atoms with van der Waals surface area (Å²) in [6.45, 7) is 0. The molecule has 0 spiro atoms. The minimum Gasteiger partial charge on any atom is -0.398 e. The average Bonchev–Trinajstić information content (AvgIpc) is 3.01. The molecule has 1 heterocycles. The molecule has 19 heavy (non-hydrogen) atoms. The molecule has 0 aliphatic heterocycles. The summed E-state index contributed by atoms with van der Waals surface area (Å²) in [4.78, 5) is 4.73. The number of hydrogen-bond donors (Lipinski definition) is 1. The third-order valence-corrected chi connectivity index (χ3v) is 4.43. The van der Waals surface area contributed by atoms with Gasteiger partial charge in [-0.05, 0) is 53.6 Å². The average molecular weight is 368 g/mol. The third kappa shape index (κ3) is 2.48. The second kappa shape index (κ2) is 5.11. The van der Waals surface area contributed by atoms with E-state index in [1.54, 1.807) is 0 Å². The molecular formula is C14H17IN4. The summed E-state index contributed by atoms with van der Waals surface area (Å²) < 4.78 is 3.02. The molecule has 1 aliphatic rings. The van der Waals surface area contributed by atoms with Crippen LogP contribution in [0.15, 0.2) is 18.2 Å². The smallest absolute Gasteiger partial charge is 0.160 e. The number of halogens is 1. The summed E-state index contributed by atoms with van der Waals surface area (Å²) in [6.07, 6.45) is 5.02. The summed E-state index contributed by atoms with van der Waals surface area (Å²) in [6, 6.07) is 6.01. The maximum Gasteiger partial charge on any atom is 0.160 e. The molecule has 2 N–H and O–H groups in total. The van der Waals surface area contributed by atoms with Gasteiger partial charge in [-0.3, -0.25) is 0 Å². The number of benzene rings is 1. The summed E-state index contributed by atoms with van der Waals surface area (Å²) in [7, 11) is 1.94. The van der Waals surface area contributed by atoms with Crippen LogP contribution >= 0.6 is 22.6 Å². The van der Waals surface area contributed by atoms with Crippen LogP contribution in [0.1, 0.15) is 37.4 Å². The molecule has 0 radical (unpaired) electrons. The minimum absolute atomic E-state index is 0.531. The molecule has 0 unspecified atom stereocenters. The first-order valence-corrected chi connectivity index (χ1v) is 7.69. The van der Waals surface area contributed by atoms with Crippen LogP contribution in [0, 0.1) is 3.57 Å². The molecule has 0 atom stereocenters. The van der Waals surface area contributed by atoms with Crippen LogP contribution in [-0.2, 0) is 7.05 Å². The van der Waals surface area contributed by atoms with E-state index in [9.17, 15) is 0 Å². The first kappa shape index (κ1) is 12.9. The Labute approximate surface area is 126 Å². The summed E-state index contributed by atoms with van der Waals surface area (Å²) >= 11 is 2.29. The predicted molar refractivity (Wildman–Crippen MR) is 84.8 cm³/mol. The fraction of sp³-hybridized carbons (Fsp3) is 0.429. The molecule has 1 aromatic heterocycles. The Morgan fingerprint density at radius 2 is 2.05 bits per heavy atom. The zero-order valence-electron chi connectivity index (χ0n) is 10.9. The van der Waals surface area contributed by atoms with E-state index < -0.39 is 0 Å². The van der Waals surface area contributed by atoms with Gasteiger partial charge in [-0.1, -0.05) is 12.8 Å². The van der Waals surface area contributed by atoms with E-state index in [-0.39, 0.29) is 0 Å². The van der Waals surface area contributed by atoms with Gasteiger partial charge in [0.25, 0.3) is 0 Å². The van der Waals surface area contributed by atoms with Crippen molar-refractivity contribution < 1.29 is 0 Å². The van der Waals surface area contributed by atoms with Crippen molar-refractivity contribution in [1.29, 1.82) is 0 Å². The highest BCUT2D eigenvalue weighted by molar-refractivity contribution is 14.1. The monoisotopic (exact) mass is 368 g/mol. The van der Waals surface area contributed by atoms with Crippen LogP contribution < -0.4 is 5.73 Å². The quantitative estimate of drug-likeness (QED) is 0.654. The Morgan fingerprint density at radius 3 is 2.79 bits per heavy atom. The van der Waals surface area contributed by atoms with Crippen LogP contribution in [0.25, 0.3) is 11.4 Å². The molecule has 5 heteroatoms. The third-order valence-electron chi connectivity index (χ3n) is 3.76. The predicted octanol–water partition coefficient (Wildman–Crippen LogP) is 3.33. The number of aromatic nitrogens is 3. The van der Waals surface area contributed by atoms with Gasteiger partial charge in [-0.2, -0.15) is 5.10 Å². The first-order chi connectivity index (χ1) is 9.15. The van der Waals surface area contributed by atoms with Crippen molar-refractivity contribution >= 4 is 28.3 Å². The Hall–Kier alpha value is -1.11. The molecule has 1 aliphatic carbocycles. The first-order valence-electron chi connectivity index (χ1n) is 6.61. The molecule has 0 amide bonds. The lowest BCUT2D eigenvalue weighted by Gasteiger charge is -2.04. The van der Waals surface area contributed by atoms with Crippen LogP contribution in [0.3, 0.4) is 0 Å². The van der Waals surface area contributed by atoms with Crippen molar-refractivity contribution in [2.45, 2.75) is 31.6 Å². The van der Waals surface area contributed by atoms with Crippen LogP contribution in [0.5, 0.6) is 0 Å². The maximum absolute atomic E-state index is 6.07. The Kier molecular flexibility index (Phi) is 3.47. The molecule has 100 valence electrons. The molecule has 2 aromatic rings. The Morgan fingerprint density at radius 1 is 1.32 bits per heavy atom. The molecule has 1 saturated carbocycles. The number of aryl methyl sites for hydroxylation is 1. The Balaban J connectivity index is 2.02. The van der Waals surface area contributed by atoms with Crippen molar-refractivity contribution in [3.63, 3.8) is 0 Å². The summed E-state index contributed by atoms with van der Waals surface area (Å²) in [5, 5.41) is 4.59. The van der Waals surface area contributed by atoms with Gasteiger partial charge in [-0.25, -0.2) is 9.67 Å². The van der Waals surface area contributed by atoms with Crippen LogP contribution in [0.4, 0.5) is 5.69 Å². The van der Waals surface area contributed by atoms with Gasteiger partial charge in [0.2, 0.25) is 0 Å². The zero-order chi connectivity index (χ0) is 13.4. The number of nitrogen functional groups attached to an aromatic ring is 1. The fourth-order valence-electron chi connectivity index (χ4n) is 2.72. The van der Waals surface area contributed by atoms with E-state index in [0.717, 1.165) is 26.5 Å². The summed E-state index contributed by atoms with van der Waals surface area (Å²) in [5.41, 5.74) is 7.80. The Bertz CT molecular complexity index is 599. The number of nitrogens with two attached hydrogens (primary N) is 1. The van der Waals surface area contributed by atoms with E-state index in [1.165, 1.54) is 25.7 Å². The maximum atomic E-state index is 6.07. The van der Waals surface area contributed by atoms with E-state index in [1.807, 2.05) is 23.9 Å². The lowest BCUT2D eigenvalue weighted by molar-refractivity contribution is 0.648. The number of rotatable bonds is 2. The molecular weight excluding hydrogens is 351 g/mol. The van der Waals surface area contributed by atoms with Crippen molar-refractivity contribution in [3.8, 4) is 11.4 Å². The van der Waals surface area contributed by atoms with Gasteiger partial charge in [-0.15, -0.1) is 0 Å². The van der Waals surface area contributed by atoms with Gasteiger partial charge in [0.15, 0.2) is 11.6 Å². The van der Waals surface area contributed by atoms with E-state index in [0.29, 0.717) is 5.92 Å². The van der Waals surface area contributed by atoms with E-state index >= 15 is 0 Å².